The van der Waals surface area contributed by atoms with Crippen LogP contribution in [0.5, 0.6) is 0 Å². The molecular weight excluding hydrogens is 276 g/mol. The Balaban J connectivity index is 2.47. The van der Waals surface area contributed by atoms with Gasteiger partial charge in [0.15, 0.2) is 0 Å². The molecule has 4 nitrogen and oxygen atoms in total. The summed E-state index contributed by atoms with van der Waals surface area (Å²) in [4.78, 5) is 10.4. The van der Waals surface area contributed by atoms with Crippen LogP contribution in [0.4, 0.5) is 5.69 Å². The van der Waals surface area contributed by atoms with Gasteiger partial charge in [-0.15, -0.1) is 0 Å². The van der Waals surface area contributed by atoms with Crippen molar-refractivity contribution in [2.45, 2.75) is 19.9 Å². The molecule has 20 heavy (non-hydrogen) atoms. The lowest BCUT2D eigenvalue weighted by molar-refractivity contribution is -0.384. The van der Waals surface area contributed by atoms with Crippen LogP contribution in [0.25, 0.3) is 0 Å². The fourth-order valence-electron chi connectivity index (χ4n) is 2.26. The minimum atomic E-state index is -0.469. The molecule has 0 saturated heterocycles. The van der Waals surface area contributed by atoms with Crippen molar-refractivity contribution in [1.29, 1.82) is 0 Å². The van der Waals surface area contributed by atoms with Crippen molar-refractivity contribution >= 4 is 17.3 Å². The molecule has 0 bridgehead atoms. The molecule has 0 heterocycles. The number of nitro groups is 1. The molecule has 5 heteroatoms. The first kappa shape index (κ1) is 14.5. The zero-order valence-electron chi connectivity index (χ0n) is 11.3. The summed E-state index contributed by atoms with van der Waals surface area (Å²) in [6.45, 7) is 3.98. The maximum absolute atomic E-state index is 10.9. The summed E-state index contributed by atoms with van der Waals surface area (Å²) in [7, 11) is 0. The molecule has 0 aliphatic carbocycles. The summed E-state index contributed by atoms with van der Waals surface area (Å²) in [5.41, 5.74) is 9.92. The normalized spacial score (nSPS) is 12.2. The van der Waals surface area contributed by atoms with E-state index in [1.54, 1.807) is 6.07 Å². The van der Waals surface area contributed by atoms with E-state index in [0.29, 0.717) is 10.6 Å². The molecule has 1 atom stereocenters. The molecule has 0 aliphatic rings. The Hall–Kier alpha value is -1.91. The first-order chi connectivity index (χ1) is 9.36. The Kier molecular flexibility index (Phi) is 4.06. The molecule has 2 aromatic rings. The lowest BCUT2D eigenvalue weighted by Gasteiger charge is -2.14. The highest BCUT2D eigenvalue weighted by Crippen LogP contribution is 2.28. The molecule has 1 unspecified atom stereocenters. The fraction of sp³-hybridized carbons (Fsp3) is 0.200. The molecule has 2 N–H and O–H groups in total. The van der Waals surface area contributed by atoms with Gasteiger partial charge in [0.2, 0.25) is 0 Å². The summed E-state index contributed by atoms with van der Waals surface area (Å²) in [5.74, 6) is 0. The third-order valence-corrected chi connectivity index (χ3v) is 3.30. The highest BCUT2D eigenvalue weighted by atomic mass is 35.5. The lowest BCUT2D eigenvalue weighted by Crippen LogP contribution is -2.12. The SMILES string of the molecule is Cc1cc(C)cc(C(N)c2cc(Cl)cc([N+](=O)[O-])c2)c1. The minimum Gasteiger partial charge on any atom is -0.320 e. The van der Waals surface area contributed by atoms with Gasteiger partial charge in [-0.1, -0.05) is 40.9 Å². The van der Waals surface area contributed by atoms with Crippen molar-refractivity contribution in [1.82, 2.24) is 0 Å². The Labute approximate surface area is 122 Å². The quantitative estimate of drug-likeness (QED) is 0.688. The largest absolute Gasteiger partial charge is 0.320 e. The van der Waals surface area contributed by atoms with Crippen LogP contribution >= 0.6 is 11.6 Å². The number of aryl methyl sites for hydroxylation is 2. The molecule has 104 valence electrons. The number of hydrogen-bond donors (Lipinski definition) is 1. The van der Waals surface area contributed by atoms with E-state index in [9.17, 15) is 10.1 Å². The second-order valence-electron chi connectivity index (χ2n) is 4.90. The van der Waals surface area contributed by atoms with Crippen LogP contribution in [-0.4, -0.2) is 4.92 Å². The second kappa shape index (κ2) is 5.61. The molecular formula is C15H15ClN2O2. The van der Waals surface area contributed by atoms with Gasteiger partial charge in [-0.05, 0) is 31.0 Å². The maximum atomic E-state index is 10.9. The van der Waals surface area contributed by atoms with Gasteiger partial charge in [-0.25, -0.2) is 0 Å². The predicted octanol–water partition coefficient (Wildman–Crippen LogP) is 3.91. The number of nitrogens with two attached hydrogens (primary N) is 1. The third kappa shape index (κ3) is 3.15. The number of nitro benzene ring substituents is 1. The number of nitrogens with zero attached hydrogens (tertiary/aromatic N) is 1. The molecule has 0 saturated carbocycles. The van der Waals surface area contributed by atoms with E-state index in [0.717, 1.165) is 16.7 Å². The van der Waals surface area contributed by atoms with Crippen LogP contribution in [0.1, 0.15) is 28.3 Å². The van der Waals surface area contributed by atoms with Gasteiger partial charge in [0.1, 0.15) is 0 Å². The van der Waals surface area contributed by atoms with Gasteiger partial charge in [-0.3, -0.25) is 10.1 Å². The average Bonchev–Trinajstić information content (AvgIpc) is 2.35. The van der Waals surface area contributed by atoms with Crippen LogP contribution in [0, 0.1) is 24.0 Å². The van der Waals surface area contributed by atoms with Gasteiger partial charge in [-0.2, -0.15) is 0 Å². The topological polar surface area (TPSA) is 69.2 Å². The Bertz CT molecular complexity index is 651. The highest BCUT2D eigenvalue weighted by molar-refractivity contribution is 6.30. The number of benzene rings is 2. The van der Waals surface area contributed by atoms with E-state index in [4.69, 9.17) is 17.3 Å². The lowest BCUT2D eigenvalue weighted by atomic mass is 9.96. The van der Waals surface area contributed by atoms with Gasteiger partial charge in [0, 0.05) is 17.2 Å². The second-order valence-corrected chi connectivity index (χ2v) is 5.34. The number of rotatable bonds is 3. The first-order valence-electron chi connectivity index (χ1n) is 6.15. The Morgan fingerprint density at radius 3 is 2.15 bits per heavy atom. The predicted molar refractivity (Wildman–Crippen MR) is 80.1 cm³/mol. The average molecular weight is 291 g/mol. The molecule has 0 aliphatic heterocycles. The van der Waals surface area contributed by atoms with Gasteiger partial charge in [0.25, 0.3) is 5.69 Å². The Morgan fingerprint density at radius 2 is 1.60 bits per heavy atom. The van der Waals surface area contributed by atoms with E-state index in [1.165, 1.54) is 12.1 Å². The highest BCUT2D eigenvalue weighted by Gasteiger charge is 2.15. The molecule has 0 fully saturated rings. The molecule has 2 rings (SSSR count). The van der Waals surface area contributed by atoms with Crippen LogP contribution < -0.4 is 5.73 Å². The molecule has 0 spiro atoms. The zero-order valence-corrected chi connectivity index (χ0v) is 12.0. The number of non-ortho nitro benzene ring substituents is 1. The molecule has 2 aromatic carbocycles. The van der Waals surface area contributed by atoms with E-state index < -0.39 is 11.0 Å². The fourth-order valence-corrected chi connectivity index (χ4v) is 2.50. The molecule has 0 amide bonds. The summed E-state index contributed by atoms with van der Waals surface area (Å²) in [6.07, 6.45) is 0. The van der Waals surface area contributed by atoms with Crippen molar-refractivity contribution in [3.05, 3.63) is 73.8 Å². The van der Waals surface area contributed by atoms with Crippen LogP contribution in [0.3, 0.4) is 0 Å². The van der Waals surface area contributed by atoms with E-state index in [-0.39, 0.29) is 5.69 Å². The van der Waals surface area contributed by atoms with Gasteiger partial charge in [0.05, 0.1) is 11.0 Å². The smallest absolute Gasteiger partial charge is 0.271 e. The standard InChI is InChI=1S/C15H15ClN2O2/c1-9-3-10(2)5-11(4-9)15(17)12-6-13(16)8-14(7-12)18(19)20/h3-8,15H,17H2,1-2H3. The summed E-state index contributed by atoms with van der Waals surface area (Å²) < 4.78 is 0. The molecule has 0 radical (unpaired) electrons. The minimum absolute atomic E-state index is 0.0488. The van der Waals surface area contributed by atoms with E-state index >= 15 is 0 Å². The first-order valence-corrected chi connectivity index (χ1v) is 6.53. The van der Waals surface area contributed by atoms with Crippen molar-refractivity contribution in [2.24, 2.45) is 5.73 Å². The van der Waals surface area contributed by atoms with Gasteiger partial charge < -0.3 is 5.73 Å². The van der Waals surface area contributed by atoms with Crippen LogP contribution in [-0.2, 0) is 0 Å². The van der Waals surface area contributed by atoms with Crippen LogP contribution in [0.2, 0.25) is 5.02 Å². The Morgan fingerprint density at radius 1 is 1.05 bits per heavy atom. The van der Waals surface area contributed by atoms with Crippen molar-refractivity contribution in [2.75, 3.05) is 0 Å². The van der Waals surface area contributed by atoms with Gasteiger partial charge >= 0.3 is 0 Å². The maximum Gasteiger partial charge on any atom is 0.271 e. The van der Waals surface area contributed by atoms with E-state index in [1.807, 2.05) is 26.0 Å². The number of hydrogen-bond acceptors (Lipinski definition) is 3. The summed E-state index contributed by atoms with van der Waals surface area (Å²) in [5, 5.41) is 11.2. The van der Waals surface area contributed by atoms with Crippen LogP contribution in [0.15, 0.2) is 36.4 Å². The number of halogens is 1. The van der Waals surface area contributed by atoms with Crippen molar-refractivity contribution in [3.63, 3.8) is 0 Å². The zero-order chi connectivity index (χ0) is 14.9. The summed E-state index contributed by atoms with van der Waals surface area (Å²) in [6, 6.07) is 10.0. The monoisotopic (exact) mass is 290 g/mol. The van der Waals surface area contributed by atoms with E-state index in [2.05, 4.69) is 6.07 Å². The van der Waals surface area contributed by atoms with Crippen molar-refractivity contribution < 1.29 is 4.92 Å². The van der Waals surface area contributed by atoms with Crippen molar-refractivity contribution in [3.8, 4) is 0 Å². The molecule has 0 aromatic heterocycles. The third-order valence-electron chi connectivity index (χ3n) is 3.08. The summed E-state index contributed by atoms with van der Waals surface area (Å²) >= 11 is 5.93.